The van der Waals surface area contributed by atoms with Crippen molar-refractivity contribution in [2.75, 3.05) is 0 Å². The first-order chi connectivity index (χ1) is 4.68. The molecule has 0 unspecified atom stereocenters. The van der Waals surface area contributed by atoms with Crippen LogP contribution in [0.2, 0.25) is 0 Å². The highest BCUT2D eigenvalue weighted by Crippen LogP contribution is 1.97. The molecule has 54 valence electrons. The molecule has 0 aliphatic carbocycles. The van der Waals surface area contributed by atoms with E-state index in [0.717, 1.165) is 0 Å². The second-order valence-corrected chi connectivity index (χ2v) is 1.90. The standard InChI is InChI=1S/C6H7NO3/c1-4(8)10-6-3-2-5(9)7-6/h2-3,6H,1H3,(H,7,9)/t6-/m0/s1. The second-order valence-electron chi connectivity index (χ2n) is 1.90. The largest absolute Gasteiger partial charge is 0.438 e. The van der Waals surface area contributed by atoms with Crippen LogP contribution in [0.15, 0.2) is 12.2 Å². The predicted molar refractivity (Wildman–Crippen MR) is 32.8 cm³/mol. The molecule has 0 aromatic heterocycles. The van der Waals surface area contributed by atoms with E-state index in [0.29, 0.717) is 0 Å². The molecule has 0 fully saturated rings. The zero-order valence-corrected chi connectivity index (χ0v) is 5.46. The molecule has 1 aliphatic heterocycles. The lowest BCUT2D eigenvalue weighted by Gasteiger charge is -2.07. The van der Waals surface area contributed by atoms with Gasteiger partial charge in [0.25, 0.3) is 0 Å². The molecular formula is C6H7NO3. The van der Waals surface area contributed by atoms with E-state index in [1.54, 1.807) is 0 Å². The van der Waals surface area contributed by atoms with E-state index < -0.39 is 12.2 Å². The van der Waals surface area contributed by atoms with Gasteiger partial charge in [-0.25, -0.2) is 0 Å². The lowest BCUT2D eigenvalue weighted by molar-refractivity contribution is -0.145. The number of ether oxygens (including phenoxy) is 1. The highest BCUT2D eigenvalue weighted by molar-refractivity contribution is 5.90. The number of carbonyl (C=O) groups is 2. The predicted octanol–water partition coefficient (Wildman–Crippen LogP) is -0.438. The maximum atomic E-state index is 10.4. The number of nitrogens with one attached hydrogen (secondary N) is 1. The minimum atomic E-state index is -0.565. The van der Waals surface area contributed by atoms with Gasteiger partial charge >= 0.3 is 5.97 Å². The summed E-state index contributed by atoms with van der Waals surface area (Å²) in [4.78, 5) is 20.7. The first-order valence-electron chi connectivity index (χ1n) is 2.84. The molecule has 1 rings (SSSR count). The molecule has 0 bridgehead atoms. The van der Waals surface area contributed by atoms with Gasteiger partial charge < -0.3 is 10.1 Å². The Labute approximate surface area is 57.9 Å². The third kappa shape index (κ3) is 1.58. The molecule has 0 aromatic carbocycles. The van der Waals surface area contributed by atoms with Crippen LogP contribution in [0.5, 0.6) is 0 Å². The first-order valence-corrected chi connectivity index (χ1v) is 2.84. The third-order valence-corrected chi connectivity index (χ3v) is 1.000. The fourth-order valence-electron chi connectivity index (χ4n) is 0.659. The number of amides is 1. The van der Waals surface area contributed by atoms with Gasteiger partial charge in [0.2, 0.25) is 5.91 Å². The van der Waals surface area contributed by atoms with Gasteiger partial charge in [0.05, 0.1) is 0 Å². The summed E-state index contributed by atoms with van der Waals surface area (Å²) in [7, 11) is 0. The Morgan fingerprint density at radius 1 is 1.80 bits per heavy atom. The van der Waals surface area contributed by atoms with E-state index in [4.69, 9.17) is 0 Å². The molecule has 0 saturated carbocycles. The fraction of sp³-hybridized carbons (Fsp3) is 0.333. The Morgan fingerprint density at radius 3 is 2.90 bits per heavy atom. The van der Waals surface area contributed by atoms with Crippen molar-refractivity contribution in [2.24, 2.45) is 0 Å². The monoisotopic (exact) mass is 141 g/mol. The minimum absolute atomic E-state index is 0.230. The van der Waals surface area contributed by atoms with Crippen molar-refractivity contribution in [3.05, 3.63) is 12.2 Å². The number of hydrogen-bond acceptors (Lipinski definition) is 3. The first kappa shape index (κ1) is 6.80. The van der Waals surface area contributed by atoms with Crippen molar-refractivity contribution < 1.29 is 14.3 Å². The molecule has 0 aromatic rings. The summed E-state index contributed by atoms with van der Waals surface area (Å²) >= 11 is 0. The van der Waals surface area contributed by atoms with Gasteiger partial charge in [-0.15, -0.1) is 0 Å². The molecule has 0 radical (unpaired) electrons. The van der Waals surface area contributed by atoms with Crippen molar-refractivity contribution >= 4 is 11.9 Å². The maximum absolute atomic E-state index is 10.4. The van der Waals surface area contributed by atoms with Gasteiger partial charge in [0.1, 0.15) is 0 Å². The number of hydrogen-bond donors (Lipinski definition) is 1. The van der Waals surface area contributed by atoms with Crippen LogP contribution in [-0.2, 0) is 14.3 Å². The number of carbonyl (C=O) groups excluding carboxylic acids is 2. The fourth-order valence-corrected chi connectivity index (χ4v) is 0.659. The second kappa shape index (κ2) is 2.51. The van der Waals surface area contributed by atoms with Gasteiger partial charge in [-0.1, -0.05) is 0 Å². The van der Waals surface area contributed by atoms with Gasteiger partial charge in [-0.3, -0.25) is 9.59 Å². The van der Waals surface area contributed by atoms with Crippen molar-refractivity contribution in [3.63, 3.8) is 0 Å². The Bertz CT molecular complexity index is 197. The van der Waals surface area contributed by atoms with Crippen LogP contribution < -0.4 is 5.32 Å². The number of esters is 1. The maximum Gasteiger partial charge on any atom is 0.304 e. The SMILES string of the molecule is CC(=O)O[C@H]1C=CC(=O)N1. The van der Waals surface area contributed by atoms with E-state index in [-0.39, 0.29) is 5.91 Å². The summed E-state index contributed by atoms with van der Waals surface area (Å²) in [5.41, 5.74) is 0. The molecule has 1 atom stereocenters. The van der Waals surface area contributed by atoms with Crippen molar-refractivity contribution in [3.8, 4) is 0 Å². The third-order valence-electron chi connectivity index (χ3n) is 1.000. The average Bonchev–Trinajstić information content (AvgIpc) is 2.13. The lowest BCUT2D eigenvalue weighted by atomic mass is 10.5. The van der Waals surface area contributed by atoms with Crippen LogP contribution in [0.25, 0.3) is 0 Å². The van der Waals surface area contributed by atoms with Crippen LogP contribution in [0.4, 0.5) is 0 Å². The normalized spacial score (nSPS) is 22.5. The average molecular weight is 141 g/mol. The van der Waals surface area contributed by atoms with Crippen LogP contribution in [0.3, 0.4) is 0 Å². The Kier molecular flexibility index (Phi) is 1.71. The van der Waals surface area contributed by atoms with Crippen LogP contribution >= 0.6 is 0 Å². The summed E-state index contributed by atoms with van der Waals surface area (Å²) in [6.45, 7) is 1.29. The van der Waals surface area contributed by atoms with Gasteiger partial charge in [0, 0.05) is 13.0 Å². The Hall–Kier alpha value is -1.32. The Balaban J connectivity index is 2.40. The minimum Gasteiger partial charge on any atom is -0.438 e. The van der Waals surface area contributed by atoms with Gasteiger partial charge in [-0.05, 0) is 6.08 Å². The smallest absolute Gasteiger partial charge is 0.304 e. The van der Waals surface area contributed by atoms with E-state index in [1.165, 1.54) is 19.1 Å². The van der Waals surface area contributed by atoms with E-state index in [1.807, 2.05) is 0 Å². The van der Waals surface area contributed by atoms with E-state index in [9.17, 15) is 9.59 Å². The quantitative estimate of drug-likeness (QED) is 0.504. The van der Waals surface area contributed by atoms with Gasteiger partial charge in [-0.2, -0.15) is 0 Å². The molecule has 1 N–H and O–H groups in total. The summed E-state index contributed by atoms with van der Waals surface area (Å²) in [5.74, 6) is -0.636. The Morgan fingerprint density at radius 2 is 2.50 bits per heavy atom. The molecule has 1 amide bonds. The van der Waals surface area contributed by atoms with E-state index >= 15 is 0 Å². The topological polar surface area (TPSA) is 55.4 Å². The lowest BCUT2D eigenvalue weighted by Crippen LogP contribution is -2.30. The van der Waals surface area contributed by atoms with Crippen LogP contribution in [0.1, 0.15) is 6.92 Å². The van der Waals surface area contributed by atoms with Gasteiger partial charge in [0.15, 0.2) is 6.23 Å². The molecular weight excluding hydrogens is 134 g/mol. The zero-order chi connectivity index (χ0) is 7.56. The summed E-state index contributed by atoms with van der Waals surface area (Å²) in [6, 6.07) is 0. The molecule has 10 heavy (non-hydrogen) atoms. The summed E-state index contributed by atoms with van der Waals surface area (Å²) in [6.07, 6.45) is 2.25. The molecule has 4 nitrogen and oxygen atoms in total. The van der Waals surface area contributed by atoms with E-state index in [2.05, 4.69) is 10.1 Å². The zero-order valence-electron chi connectivity index (χ0n) is 5.46. The molecule has 0 saturated heterocycles. The highest BCUT2D eigenvalue weighted by Gasteiger charge is 2.15. The van der Waals surface area contributed by atoms with Crippen molar-refractivity contribution in [1.29, 1.82) is 0 Å². The highest BCUT2D eigenvalue weighted by atomic mass is 16.6. The molecule has 1 aliphatic rings. The van der Waals surface area contributed by atoms with Crippen molar-refractivity contribution in [1.82, 2.24) is 5.32 Å². The summed E-state index contributed by atoms with van der Waals surface area (Å²) < 4.78 is 4.62. The summed E-state index contributed by atoms with van der Waals surface area (Å²) in [5, 5.41) is 2.39. The molecule has 1 heterocycles. The molecule has 4 heteroatoms. The van der Waals surface area contributed by atoms with Crippen LogP contribution in [-0.4, -0.2) is 18.1 Å². The molecule has 0 spiro atoms. The van der Waals surface area contributed by atoms with Crippen LogP contribution in [0, 0.1) is 0 Å². The van der Waals surface area contributed by atoms with Crippen molar-refractivity contribution in [2.45, 2.75) is 13.2 Å². The number of rotatable bonds is 1.